The van der Waals surface area contributed by atoms with E-state index in [1.807, 2.05) is 13.8 Å². The van der Waals surface area contributed by atoms with Crippen LogP contribution >= 0.6 is 11.6 Å². The summed E-state index contributed by atoms with van der Waals surface area (Å²) in [5, 5.41) is 0.362. The molecule has 0 aliphatic heterocycles. The summed E-state index contributed by atoms with van der Waals surface area (Å²) in [5.41, 5.74) is 0.324. The van der Waals surface area contributed by atoms with Crippen molar-refractivity contribution in [1.82, 2.24) is 0 Å². The number of carbonyl (C=O) groups excluding carboxylic acids is 1. The molecule has 4 heteroatoms. The van der Waals surface area contributed by atoms with Gasteiger partial charge < -0.3 is 9.47 Å². The van der Waals surface area contributed by atoms with Gasteiger partial charge in [-0.15, -0.1) is 0 Å². The van der Waals surface area contributed by atoms with Crippen molar-refractivity contribution in [3.05, 3.63) is 22.7 Å². The fraction of sp³-hybridized carbons (Fsp3) is 0.364. The van der Waals surface area contributed by atoms with E-state index in [0.717, 1.165) is 0 Å². The predicted octanol–water partition coefficient (Wildman–Crippen LogP) is 2.95. The molecule has 0 atom stereocenters. The highest BCUT2D eigenvalue weighted by Crippen LogP contribution is 2.35. The van der Waals surface area contributed by atoms with Gasteiger partial charge in [0, 0.05) is 0 Å². The first kappa shape index (κ1) is 11.9. The van der Waals surface area contributed by atoms with Gasteiger partial charge in [0.2, 0.25) is 0 Å². The van der Waals surface area contributed by atoms with Crippen LogP contribution in [0.5, 0.6) is 11.5 Å². The van der Waals surface area contributed by atoms with Gasteiger partial charge in [0.05, 0.1) is 23.8 Å². The molecule has 82 valence electrons. The second kappa shape index (κ2) is 5.03. The summed E-state index contributed by atoms with van der Waals surface area (Å²) < 4.78 is 10.6. The first-order chi connectivity index (χ1) is 7.10. The van der Waals surface area contributed by atoms with Gasteiger partial charge in [-0.05, 0) is 26.0 Å². The van der Waals surface area contributed by atoms with Crippen LogP contribution in [0.1, 0.15) is 24.2 Å². The van der Waals surface area contributed by atoms with Gasteiger partial charge in [0.1, 0.15) is 0 Å². The molecule has 0 N–H and O–H groups in total. The number of carbonyl (C=O) groups is 1. The zero-order valence-corrected chi connectivity index (χ0v) is 9.67. The average molecular weight is 229 g/mol. The van der Waals surface area contributed by atoms with E-state index >= 15 is 0 Å². The normalized spacial score (nSPS) is 10.2. The zero-order valence-electron chi connectivity index (χ0n) is 8.91. The first-order valence-corrected chi connectivity index (χ1v) is 4.96. The highest BCUT2D eigenvalue weighted by molar-refractivity contribution is 6.33. The van der Waals surface area contributed by atoms with Crippen molar-refractivity contribution in [2.75, 3.05) is 7.11 Å². The van der Waals surface area contributed by atoms with Crippen LogP contribution in [0, 0.1) is 0 Å². The molecule has 0 fully saturated rings. The van der Waals surface area contributed by atoms with Gasteiger partial charge in [-0.3, -0.25) is 4.79 Å². The van der Waals surface area contributed by atoms with E-state index in [-0.39, 0.29) is 6.10 Å². The molecular formula is C11H13ClO3. The second-order valence-electron chi connectivity index (χ2n) is 3.28. The molecule has 0 unspecified atom stereocenters. The van der Waals surface area contributed by atoms with Crippen molar-refractivity contribution in [2.45, 2.75) is 20.0 Å². The molecule has 1 aromatic carbocycles. The Morgan fingerprint density at radius 3 is 2.53 bits per heavy atom. The average Bonchev–Trinajstić information content (AvgIpc) is 2.18. The Balaban J connectivity index is 3.27. The number of halogens is 1. The summed E-state index contributed by atoms with van der Waals surface area (Å²) in [4.78, 5) is 10.9. The molecule has 1 rings (SSSR count). The third-order valence-corrected chi connectivity index (χ3v) is 2.13. The smallest absolute Gasteiger partial charge is 0.173 e. The Labute approximate surface area is 93.9 Å². The Kier molecular flexibility index (Phi) is 3.97. The Morgan fingerprint density at radius 2 is 2.07 bits per heavy atom. The molecule has 0 amide bonds. The lowest BCUT2D eigenvalue weighted by molar-refractivity contribution is 0.111. The number of hydrogen-bond acceptors (Lipinski definition) is 3. The van der Waals surface area contributed by atoms with Crippen molar-refractivity contribution in [3.63, 3.8) is 0 Å². The minimum Gasteiger partial charge on any atom is -0.493 e. The van der Waals surface area contributed by atoms with E-state index in [1.165, 1.54) is 7.11 Å². The highest BCUT2D eigenvalue weighted by atomic mass is 35.5. The van der Waals surface area contributed by atoms with Gasteiger partial charge in [0.25, 0.3) is 0 Å². The lowest BCUT2D eigenvalue weighted by Crippen LogP contribution is -2.09. The minimum atomic E-state index is -0.0453. The van der Waals surface area contributed by atoms with Gasteiger partial charge in [0.15, 0.2) is 17.8 Å². The standard InChI is InChI=1S/C11H13ClO3/c1-7(2)15-11-8(6-13)9(12)4-5-10(11)14-3/h4-7H,1-3H3. The maximum absolute atomic E-state index is 10.9. The summed E-state index contributed by atoms with van der Waals surface area (Å²) in [5.74, 6) is 0.908. The lowest BCUT2D eigenvalue weighted by atomic mass is 10.2. The molecule has 0 aromatic heterocycles. The maximum Gasteiger partial charge on any atom is 0.173 e. The second-order valence-corrected chi connectivity index (χ2v) is 3.68. The van der Waals surface area contributed by atoms with Gasteiger partial charge >= 0.3 is 0 Å². The van der Waals surface area contributed by atoms with Crippen LogP contribution in [-0.2, 0) is 0 Å². The molecule has 0 bridgehead atoms. The summed E-state index contributed by atoms with van der Waals surface area (Å²) in [6.45, 7) is 3.74. The Bertz CT molecular complexity index is 361. The summed E-state index contributed by atoms with van der Waals surface area (Å²) in [6, 6.07) is 3.28. The minimum absolute atomic E-state index is 0.0453. The molecule has 0 saturated heterocycles. The van der Waals surface area contributed by atoms with E-state index in [2.05, 4.69) is 0 Å². The van der Waals surface area contributed by atoms with E-state index in [9.17, 15) is 4.79 Å². The van der Waals surface area contributed by atoms with Crippen LogP contribution in [0.4, 0.5) is 0 Å². The molecule has 0 heterocycles. The number of rotatable bonds is 4. The van der Waals surface area contributed by atoms with Crippen molar-refractivity contribution >= 4 is 17.9 Å². The van der Waals surface area contributed by atoms with Gasteiger partial charge in [-0.25, -0.2) is 0 Å². The summed E-state index contributed by atoms with van der Waals surface area (Å²) in [7, 11) is 1.52. The molecule has 0 aliphatic carbocycles. The fourth-order valence-corrected chi connectivity index (χ4v) is 1.38. The van der Waals surface area contributed by atoms with Crippen LogP contribution in [0.3, 0.4) is 0 Å². The zero-order chi connectivity index (χ0) is 11.4. The Hall–Kier alpha value is -1.22. The number of benzene rings is 1. The molecular weight excluding hydrogens is 216 g/mol. The predicted molar refractivity (Wildman–Crippen MR) is 59.2 cm³/mol. The highest BCUT2D eigenvalue weighted by Gasteiger charge is 2.15. The number of aldehydes is 1. The van der Waals surface area contributed by atoms with Crippen molar-refractivity contribution in [3.8, 4) is 11.5 Å². The van der Waals surface area contributed by atoms with Crippen LogP contribution in [0.15, 0.2) is 12.1 Å². The molecule has 0 saturated carbocycles. The van der Waals surface area contributed by atoms with Crippen LogP contribution in [0.25, 0.3) is 0 Å². The largest absolute Gasteiger partial charge is 0.493 e. The van der Waals surface area contributed by atoms with Crippen molar-refractivity contribution < 1.29 is 14.3 Å². The molecule has 0 spiro atoms. The Morgan fingerprint density at radius 1 is 1.40 bits per heavy atom. The number of ether oxygens (including phenoxy) is 2. The van der Waals surface area contributed by atoms with E-state index in [4.69, 9.17) is 21.1 Å². The third kappa shape index (κ3) is 2.63. The van der Waals surface area contributed by atoms with Gasteiger partial charge in [-0.2, -0.15) is 0 Å². The lowest BCUT2D eigenvalue weighted by Gasteiger charge is -2.15. The fourth-order valence-electron chi connectivity index (χ4n) is 1.18. The number of methoxy groups -OCH3 is 1. The monoisotopic (exact) mass is 228 g/mol. The quantitative estimate of drug-likeness (QED) is 0.744. The first-order valence-electron chi connectivity index (χ1n) is 4.58. The SMILES string of the molecule is COc1ccc(Cl)c(C=O)c1OC(C)C. The molecule has 0 aliphatic rings. The van der Waals surface area contributed by atoms with E-state index in [1.54, 1.807) is 12.1 Å². The van der Waals surface area contributed by atoms with Crippen molar-refractivity contribution in [2.24, 2.45) is 0 Å². The van der Waals surface area contributed by atoms with Crippen LogP contribution < -0.4 is 9.47 Å². The number of hydrogen-bond donors (Lipinski definition) is 0. The third-order valence-electron chi connectivity index (χ3n) is 1.80. The van der Waals surface area contributed by atoms with Crippen LogP contribution in [-0.4, -0.2) is 19.5 Å². The molecule has 3 nitrogen and oxygen atoms in total. The topological polar surface area (TPSA) is 35.5 Å². The van der Waals surface area contributed by atoms with Crippen LogP contribution in [0.2, 0.25) is 5.02 Å². The summed E-state index contributed by atoms with van der Waals surface area (Å²) >= 11 is 5.88. The molecule has 1 aromatic rings. The maximum atomic E-state index is 10.9. The van der Waals surface area contributed by atoms with Crippen molar-refractivity contribution in [1.29, 1.82) is 0 Å². The van der Waals surface area contributed by atoms with Gasteiger partial charge in [-0.1, -0.05) is 11.6 Å². The van der Waals surface area contributed by atoms with E-state index in [0.29, 0.717) is 28.4 Å². The summed E-state index contributed by atoms with van der Waals surface area (Å²) in [6.07, 6.45) is 0.624. The van der Waals surface area contributed by atoms with E-state index < -0.39 is 0 Å². The molecule has 15 heavy (non-hydrogen) atoms. The molecule has 0 radical (unpaired) electrons.